The van der Waals surface area contributed by atoms with Crippen molar-refractivity contribution in [2.75, 3.05) is 18.4 Å². The molecule has 5 nitrogen and oxygen atoms in total. The van der Waals surface area contributed by atoms with Crippen LogP contribution in [0.2, 0.25) is 0 Å². The molecule has 108 valence electrons. The fourth-order valence-electron chi connectivity index (χ4n) is 2.05. The van der Waals surface area contributed by atoms with E-state index in [1.54, 1.807) is 0 Å². The number of rotatable bonds is 1. The highest BCUT2D eigenvalue weighted by atomic mass is 79.9. The van der Waals surface area contributed by atoms with Crippen molar-refractivity contribution in [1.82, 2.24) is 4.90 Å². The number of aliphatic hydroxyl groups excluding tert-OH is 1. The van der Waals surface area contributed by atoms with Gasteiger partial charge in [-0.3, -0.25) is 9.59 Å². The van der Waals surface area contributed by atoms with Gasteiger partial charge in [0.05, 0.1) is 11.8 Å². The summed E-state index contributed by atoms with van der Waals surface area (Å²) in [6.07, 6.45) is 0.653. The molecular weight excluding hydrogens is 331 g/mol. The fourth-order valence-corrected chi connectivity index (χ4v) is 2.41. The van der Waals surface area contributed by atoms with Crippen LogP contribution in [0.3, 0.4) is 0 Å². The molecule has 1 heterocycles. The fraction of sp³-hybridized carbons (Fsp3) is 0.385. The number of hydrogen-bond acceptors (Lipinski definition) is 3. The van der Waals surface area contributed by atoms with Gasteiger partial charge < -0.3 is 15.3 Å². The third-order valence-electron chi connectivity index (χ3n) is 3.05. The minimum absolute atomic E-state index is 0.0599. The highest BCUT2D eigenvalue weighted by Gasteiger charge is 2.27. The Kier molecular flexibility index (Phi) is 4.72. The van der Waals surface area contributed by atoms with Crippen molar-refractivity contribution < 1.29 is 19.1 Å². The quantitative estimate of drug-likeness (QED) is 0.758. The van der Waals surface area contributed by atoms with Gasteiger partial charge in [-0.05, 0) is 31.0 Å². The number of benzene rings is 1. The molecule has 0 saturated carbocycles. The molecule has 0 radical (unpaired) electrons. The Morgan fingerprint density at radius 1 is 1.45 bits per heavy atom. The molecule has 20 heavy (non-hydrogen) atoms. The van der Waals surface area contributed by atoms with Crippen molar-refractivity contribution in [3.8, 4) is 0 Å². The molecule has 1 aromatic rings. The van der Waals surface area contributed by atoms with E-state index in [-0.39, 0.29) is 12.2 Å². The Morgan fingerprint density at radius 3 is 2.90 bits per heavy atom. The monoisotopic (exact) mass is 344 g/mol. The van der Waals surface area contributed by atoms with E-state index >= 15 is 0 Å². The van der Waals surface area contributed by atoms with Gasteiger partial charge in [0, 0.05) is 17.6 Å². The minimum Gasteiger partial charge on any atom is -0.391 e. The van der Waals surface area contributed by atoms with Crippen LogP contribution in [-0.4, -0.2) is 41.0 Å². The number of nitrogens with one attached hydrogen (secondary N) is 1. The second-order valence-corrected chi connectivity index (χ2v) is 5.54. The van der Waals surface area contributed by atoms with Crippen LogP contribution in [0.1, 0.15) is 12.8 Å². The summed E-state index contributed by atoms with van der Waals surface area (Å²) >= 11 is 3.16. The van der Waals surface area contributed by atoms with Crippen LogP contribution >= 0.6 is 15.9 Å². The van der Waals surface area contributed by atoms with Gasteiger partial charge in [0.2, 0.25) is 0 Å². The number of nitrogens with zero attached hydrogens (tertiary/aromatic N) is 1. The van der Waals surface area contributed by atoms with E-state index in [2.05, 4.69) is 21.2 Å². The van der Waals surface area contributed by atoms with Gasteiger partial charge in [-0.15, -0.1) is 0 Å². The van der Waals surface area contributed by atoms with E-state index in [4.69, 9.17) is 0 Å². The Bertz CT molecular complexity index is 538. The number of halogens is 2. The summed E-state index contributed by atoms with van der Waals surface area (Å²) in [5, 5.41) is 11.7. The van der Waals surface area contributed by atoms with Crippen LogP contribution in [0.25, 0.3) is 0 Å². The van der Waals surface area contributed by atoms with Gasteiger partial charge >= 0.3 is 11.8 Å². The standard InChI is InChI=1S/C13H14BrFN2O3/c14-8-3-4-10(15)11(6-8)16-12(19)13(20)17-5-1-2-9(18)7-17/h3-4,6,9,18H,1-2,5,7H2,(H,16,19)/t9-/m1/s1. The lowest BCUT2D eigenvalue weighted by Crippen LogP contribution is -2.46. The molecule has 7 heteroatoms. The smallest absolute Gasteiger partial charge is 0.313 e. The number of carbonyl (C=O) groups excluding carboxylic acids is 2. The molecule has 0 aromatic heterocycles. The van der Waals surface area contributed by atoms with Crippen molar-refractivity contribution in [3.63, 3.8) is 0 Å². The van der Waals surface area contributed by atoms with Crippen LogP contribution in [0.4, 0.5) is 10.1 Å². The Morgan fingerprint density at radius 2 is 2.20 bits per heavy atom. The number of likely N-dealkylation sites (tertiary alicyclic amines) is 1. The lowest BCUT2D eigenvalue weighted by atomic mass is 10.1. The molecule has 1 aliphatic heterocycles. The zero-order chi connectivity index (χ0) is 14.7. The number of aliphatic hydroxyl groups is 1. The largest absolute Gasteiger partial charge is 0.391 e. The molecule has 1 fully saturated rings. The van der Waals surface area contributed by atoms with E-state index < -0.39 is 23.7 Å². The maximum Gasteiger partial charge on any atom is 0.313 e. The number of carbonyl (C=O) groups is 2. The normalized spacial score (nSPS) is 18.8. The molecule has 1 aliphatic rings. The molecule has 1 atom stereocenters. The van der Waals surface area contributed by atoms with Crippen molar-refractivity contribution in [1.29, 1.82) is 0 Å². The van der Waals surface area contributed by atoms with Gasteiger partial charge in [-0.25, -0.2) is 4.39 Å². The topological polar surface area (TPSA) is 69.6 Å². The summed E-state index contributed by atoms with van der Waals surface area (Å²) in [7, 11) is 0. The molecule has 0 bridgehead atoms. The molecule has 2 amide bonds. The van der Waals surface area contributed by atoms with Crippen LogP contribution in [-0.2, 0) is 9.59 Å². The maximum absolute atomic E-state index is 13.5. The van der Waals surface area contributed by atoms with Crippen LogP contribution in [0, 0.1) is 5.82 Å². The highest BCUT2D eigenvalue weighted by molar-refractivity contribution is 9.10. The summed E-state index contributed by atoms with van der Waals surface area (Å²) in [4.78, 5) is 25.0. The van der Waals surface area contributed by atoms with Crippen LogP contribution in [0.5, 0.6) is 0 Å². The van der Waals surface area contributed by atoms with Gasteiger partial charge in [-0.2, -0.15) is 0 Å². The number of amides is 2. The highest BCUT2D eigenvalue weighted by Crippen LogP contribution is 2.20. The molecule has 0 spiro atoms. The number of β-amino-alcohol motifs (C(OH)–C–C–N with tert-alkyl or cyclic N) is 1. The Labute approximate surface area is 123 Å². The predicted molar refractivity (Wildman–Crippen MR) is 74.6 cm³/mol. The number of piperidine rings is 1. The molecule has 0 unspecified atom stereocenters. The first kappa shape index (κ1) is 14.9. The molecule has 2 rings (SSSR count). The van der Waals surface area contributed by atoms with Crippen molar-refractivity contribution >= 4 is 33.4 Å². The lowest BCUT2D eigenvalue weighted by molar-refractivity contribution is -0.145. The molecule has 0 aliphatic carbocycles. The number of hydrogen-bond donors (Lipinski definition) is 2. The molecule has 2 N–H and O–H groups in total. The molecule has 1 aromatic carbocycles. The van der Waals surface area contributed by atoms with Gasteiger partial charge in [-0.1, -0.05) is 15.9 Å². The Hall–Kier alpha value is -1.47. The van der Waals surface area contributed by atoms with Gasteiger partial charge in [0.1, 0.15) is 5.82 Å². The van der Waals surface area contributed by atoms with Crippen LogP contribution < -0.4 is 5.32 Å². The molecule has 1 saturated heterocycles. The average molecular weight is 345 g/mol. The van der Waals surface area contributed by atoms with Gasteiger partial charge in [0.15, 0.2) is 0 Å². The van der Waals surface area contributed by atoms with Crippen molar-refractivity contribution in [2.45, 2.75) is 18.9 Å². The van der Waals surface area contributed by atoms with Crippen LogP contribution in [0.15, 0.2) is 22.7 Å². The predicted octanol–water partition coefficient (Wildman–Crippen LogP) is 1.51. The zero-order valence-electron chi connectivity index (χ0n) is 10.6. The minimum atomic E-state index is -0.906. The van der Waals surface area contributed by atoms with E-state index in [1.165, 1.54) is 23.1 Å². The van der Waals surface area contributed by atoms with E-state index in [0.29, 0.717) is 23.9 Å². The third-order valence-corrected chi connectivity index (χ3v) is 3.55. The van der Waals surface area contributed by atoms with E-state index in [9.17, 15) is 19.1 Å². The summed E-state index contributed by atoms with van der Waals surface area (Å²) in [6.45, 7) is 0.553. The lowest BCUT2D eigenvalue weighted by Gasteiger charge is -2.29. The number of anilines is 1. The third kappa shape index (κ3) is 3.55. The molecular formula is C13H14BrFN2O3. The second kappa shape index (κ2) is 6.32. The van der Waals surface area contributed by atoms with Crippen molar-refractivity contribution in [2.24, 2.45) is 0 Å². The average Bonchev–Trinajstić information content (AvgIpc) is 2.42. The maximum atomic E-state index is 13.5. The summed E-state index contributed by atoms with van der Waals surface area (Å²) in [5.41, 5.74) is -0.0599. The summed E-state index contributed by atoms with van der Waals surface area (Å²) < 4.78 is 14.1. The Balaban J connectivity index is 2.04. The summed E-state index contributed by atoms with van der Waals surface area (Å²) in [5.74, 6) is -2.28. The SMILES string of the molecule is O=C(Nc1cc(Br)ccc1F)C(=O)N1CCC[C@@H](O)C1. The second-order valence-electron chi connectivity index (χ2n) is 4.63. The van der Waals surface area contributed by atoms with Crippen molar-refractivity contribution in [3.05, 3.63) is 28.5 Å². The first-order valence-electron chi connectivity index (χ1n) is 6.21. The van der Waals surface area contributed by atoms with E-state index in [0.717, 1.165) is 0 Å². The zero-order valence-corrected chi connectivity index (χ0v) is 12.2. The van der Waals surface area contributed by atoms with E-state index in [1.807, 2.05) is 0 Å². The first-order chi connectivity index (χ1) is 9.47. The summed E-state index contributed by atoms with van der Waals surface area (Å²) in [6, 6.07) is 4.06. The first-order valence-corrected chi connectivity index (χ1v) is 7.00. The van der Waals surface area contributed by atoms with Gasteiger partial charge in [0.25, 0.3) is 0 Å².